The molecule has 1 aromatic heterocycles. The number of aromatic nitrogens is 1. The van der Waals surface area contributed by atoms with Gasteiger partial charge in [0.2, 0.25) is 5.88 Å². The fraction of sp³-hybridized carbons (Fsp3) is 0.667. The Kier molecular flexibility index (Phi) is 10.8. The molecule has 0 aliphatic carbocycles. The molecule has 1 aliphatic heterocycles. The molecule has 0 saturated carbocycles. The van der Waals surface area contributed by atoms with Crippen molar-refractivity contribution in [2.75, 3.05) is 40.3 Å². The van der Waals surface area contributed by atoms with Crippen LogP contribution in [0.15, 0.2) is 23.2 Å². The summed E-state index contributed by atoms with van der Waals surface area (Å²) in [4.78, 5) is 11.2. The summed E-state index contributed by atoms with van der Waals surface area (Å²) in [6.07, 6.45) is 3.81. The highest BCUT2D eigenvalue weighted by atomic mass is 127. The number of hydrogen-bond acceptors (Lipinski definition) is 4. The zero-order valence-electron chi connectivity index (χ0n) is 15.6. The van der Waals surface area contributed by atoms with Gasteiger partial charge in [-0.25, -0.2) is 4.98 Å². The van der Waals surface area contributed by atoms with Gasteiger partial charge in [0, 0.05) is 19.7 Å². The van der Waals surface area contributed by atoms with Crippen LogP contribution < -0.4 is 15.4 Å². The Hall–Kier alpha value is -1.09. The monoisotopic (exact) mass is 461 g/mol. The van der Waals surface area contributed by atoms with Crippen LogP contribution >= 0.6 is 24.0 Å². The minimum Gasteiger partial charge on any atom is -0.481 e. The Morgan fingerprint density at radius 2 is 2.08 bits per heavy atom. The smallest absolute Gasteiger partial charge is 0.213 e. The molecule has 2 N–H and O–H groups in total. The first-order valence-electron chi connectivity index (χ1n) is 8.88. The maximum Gasteiger partial charge on any atom is 0.213 e. The molecule has 1 saturated heterocycles. The van der Waals surface area contributed by atoms with Crippen LogP contribution in [0, 0.1) is 5.92 Å². The summed E-state index contributed by atoms with van der Waals surface area (Å²) in [7, 11) is 3.42. The fourth-order valence-electron chi connectivity index (χ4n) is 2.86. The maximum absolute atomic E-state index is 5.14. The highest BCUT2D eigenvalue weighted by Crippen LogP contribution is 2.15. The summed E-state index contributed by atoms with van der Waals surface area (Å²) in [5, 5.41) is 6.66. The number of guanidine groups is 1. The molecule has 6 nitrogen and oxygen atoms in total. The van der Waals surface area contributed by atoms with E-state index in [9.17, 15) is 0 Å². The van der Waals surface area contributed by atoms with Gasteiger partial charge >= 0.3 is 0 Å². The van der Waals surface area contributed by atoms with Crippen molar-refractivity contribution >= 4 is 29.9 Å². The molecule has 1 fully saturated rings. The maximum atomic E-state index is 5.14. The van der Waals surface area contributed by atoms with E-state index in [0.717, 1.165) is 37.1 Å². The second-order valence-corrected chi connectivity index (χ2v) is 6.40. The topological polar surface area (TPSA) is 61.8 Å². The Bertz CT molecular complexity index is 518. The highest BCUT2D eigenvalue weighted by Gasteiger charge is 2.14. The third kappa shape index (κ3) is 8.22. The number of hydrogen-bond donors (Lipinski definition) is 2. The number of aliphatic imine (C=N–C) groups is 1. The molecule has 1 aliphatic rings. The number of nitrogens with zero attached hydrogens (tertiary/aromatic N) is 3. The lowest BCUT2D eigenvalue weighted by Crippen LogP contribution is -2.39. The van der Waals surface area contributed by atoms with Gasteiger partial charge in [0.15, 0.2) is 5.96 Å². The summed E-state index contributed by atoms with van der Waals surface area (Å²) >= 11 is 0. The second kappa shape index (κ2) is 12.3. The Labute approximate surface area is 168 Å². The van der Waals surface area contributed by atoms with Crippen molar-refractivity contribution in [1.82, 2.24) is 20.5 Å². The quantitative estimate of drug-likeness (QED) is 0.283. The molecule has 1 aromatic rings. The van der Waals surface area contributed by atoms with Crippen molar-refractivity contribution < 1.29 is 4.74 Å². The van der Waals surface area contributed by atoms with E-state index in [4.69, 9.17) is 4.74 Å². The average molecular weight is 461 g/mol. The lowest BCUT2D eigenvalue weighted by atomic mass is 9.99. The van der Waals surface area contributed by atoms with E-state index in [2.05, 4.69) is 32.4 Å². The normalized spacial score (nSPS) is 16.2. The van der Waals surface area contributed by atoms with Crippen molar-refractivity contribution in [3.05, 3.63) is 23.9 Å². The number of nitrogens with one attached hydrogen (secondary N) is 2. The summed E-state index contributed by atoms with van der Waals surface area (Å²) in [6.45, 7) is 7.56. The summed E-state index contributed by atoms with van der Waals surface area (Å²) in [5.41, 5.74) is 0.930. The summed E-state index contributed by atoms with van der Waals surface area (Å²) in [5.74, 6) is 2.34. The van der Waals surface area contributed by atoms with Gasteiger partial charge in [-0.2, -0.15) is 0 Å². The third-order valence-electron chi connectivity index (χ3n) is 4.47. The lowest BCUT2D eigenvalue weighted by Gasteiger charge is -2.30. The minimum atomic E-state index is 0. The third-order valence-corrected chi connectivity index (χ3v) is 4.47. The molecule has 0 bridgehead atoms. The van der Waals surface area contributed by atoms with Gasteiger partial charge < -0.3 is 20.3 Å². The van der Waals surface area contributed by atoms with E-state index in [0.29, 0.717) is 12.4 Å². The van der Waals surface area contributed by atoms with Gasteiger partial charge in [0.25, 0.3) is 0 Å². The standard InChI is InChI=1S/C18H31N5O.HI/c1-15-8-12-23(13-9-15)11-5-10-20-18(19-2)21-14-16-6-4-7-17(22-16)24-3;/h4,6-7,15H,5,8-14H2,1-3H3,(H2,19,20,21);1H. The molecule has 0 radical (unpaired) electrons. The van der Waals surface area contributed by atoms with Crippen molar-refractivity contribution in [3.63, 3.8) is 0 Å². The molecule has 0 unspecified atom stereocenters. The van der Waals surface area contributed by atoms with Gasteiger partial charge in [-0.3, -0.25) is 4.99 Å². The number of piperidine rings is 1. The van der Waals surface area contributed by atoms with Crippen molar-refractivity contribution in [3.8, 4) is 5.88 Å². The van der Waals surface area contributed by atoms with Crippen molar-refractivity contribution in [2.45, 2.75) is 32.7 Å². The zero-order chi connectivity index (χ0) is 17.2. The molecule has 2 heterocycles. The van der Waals surface area contributed by atoms with Crippen molar-refractivity contribution in [2.24, 2.45) is 10.9 Å². The van der Waals surface area contributed by atoms with Crippen LogP contribution in [0.2, 0.25) is 0 Å². The minimum absolute atomic E-state index is 0. The van der Waals surface area contributed by atoms with E-state index in [1.54, 1.807) is 14.2 Å². The van der Waals surface area contributed by atoms with E-state index in [-0.39, 0.29) is 24.0 Å². The fourth-order valence-corrected chi connectivity index (χ4v) is 2.86. The van der Waals surface area contributed by atoms with Gasteiger partial charge in [0.1, 0.15) is 0 Å². The van der Waals surface area contributed by atoms with Gasteiger partial charge in [-0.15, -0.1) is 24.0 Å². The van der Waals surface area contributed by atoms with E-state index in [1.165, 1.54) is 25.9 Å². The van der Waals surface area contributed by atoms with E-state index in [1.807, 2.05) is 18.2 Å². The first-order chi connectivity index (χ1) is 11.7. The predicted octanol–water partition coefficient (Wildman–Crippen LogP) is 2.50. The number of rotatable bonds is 7. The molecule has 2 rings (SSSR count). The van der Waals surface area contributed by atoms with E-state index >= 15 is 0 Å². The Morgan fingerprint density at radius 3 is 2.76 bits per heavy atom. The lowest BCUT2D eigenvalue weighted by molar-refractivity contribution is 0.191. The molecule has 142 valence electrons. The molecule has 0 spiro atoms. The van der Waals surface area contributed by atoms with Crippen LogP contribution in [-0.4, -0.2) is 56.2 Å². The van der Waals surface area contributed by atoms with Crippen LogP contribution in [-0.2, 0) is 6.54 Å². The second-order valence-electron chi connectivity index (χ2n) is 6.40. The molecular weight excluding hydrogens is 429 g/mol. The number of halogens is 1. The van der Waals surface area contributed by atoms with Crippen LogP contribution in [0.25, 0.3) is 0 Å². The molecule has 0 amide bonds. The van der Waals surface area contributed by atoms with Crippen LogP contribution in [0.3, 0.4) is 0 Å². The number of ether oxygens (including phenoxy) is 1. The SMILES string of the molecule is CN=C(NCCCN1CCC(C)CC1)NCc1cccc(OC)n1.I. The Morgan fingerprint density at radius 1 is 1.32 bits per heavy atom. The molecule has 7 heteroatoms. The van der Waals surface area contributed by atoms with E-state index < -0.39 is 0 Å². The van der Waals surface area contributed by atoms with Gasteiger partial charge in [-0.1, -0.05) is 13.0 Å². The number of methoxy groups -OCH3 is 1. The number of pyridine rings is 1. The van der Waals surface area contributed by atoms with Crippen molar-refractivity contribution in [1.29, 1.82) is 0 Å². The van der Waals surface area contributed by atoms with Crippen LogP contribution in [0.4, 0.5) is 0 Å². The van der Waals surface area contributed by atoms with Gasteiger partial charge in [-0.05, 0) is 50.9 Å². The molecule has 25 heavy (non-hydrogen) atoms. The Balaban J connectivity index is 0.00000312. The van der Waals surface area contributed by atoms with Crippen LogP contribution in [0.5, 0.6) is 5.88 Å². The number of likely N-dealkylation sites (tertiary alicyclic amines) is 1. The molecule has 0 aromatic carbocycles. The predicted molar refractivity (Wildman–Crippen MR) is 114 cm³/mol. The van der Waals surface area contributed by atoms with Crippen LogP contribution in [0.1, 0.15) is 31.9 Å². The average Bonchev–Trinajstić information content (AvgIpc) is 2.63. The molecule has 0 atom stereocenters. The highest BCUT2D eigenvalue weighted by molar-refractivity contribution is 14.0. The summed E-state index contributed by atoms with van der Waals surface area (Å²) in [6, 6.07) is 5.76. The zero-order valence-corrected chi connectivity index (χ0v) is 18.0. The largest absolute Gasteiger partial charge is 0.481 e. The van der Waals surface area contributed by atoms with Gasteiger partial charge in [0.05, 0.1) is 19.3 Å². The molecular formula is C18H32IN5O. The first kappa shape index (κ1) is 22.0. The summed E-state index contributed by atoms with van der Waals surface area (Å²) < 4.78 is 5.14. The first-order valence-corrected chi connectivity index (χ1v) is 8.88.